The molecule has 1 saturated carbocycles. The maximum absolute atomic E-state index is 12.1. The number of ether oxygens (including phenoxy) is 1. The summed E-state index contributed by atoms with van der Waals surface area (Å²) in [5.41, 5.74) is 8.53. The van der Waals surface area contributed by atoms with Crippen LogP contribution in [0.15, 0.2) is 120 Å². The van der Waals surface area contributed by atoms with Gasteiger partial charge in [-0.15, -0.1) is 0 Å². The second-order valence-corrected chi connectivity index (χ2v) is 11.5. The van der Waals surface area contributed by atoms with Gasteiger partial charge in [0.15, 0.2) is 5.76 Å². The van der Waals surface area contributed by atoms with Gasteiger partial charge < -0.3 is 14.6 Å². The van der Waals surface area contributed by atoms with Crippen LogP contribution in [0.1, 0.15) is 56.4 Å². The van der Waals surface area contributed by atoms with Crippen LogP contribution in [0.2, 0.25) is 0 Å². The number of esters is 1. The van der Waals surface area contributed by atoms with Gasteiger partial charge in [0.1, 0.15) is 11.4 Å². The van der Waals surface area contributed by atoms with Gasteiger partial charge in [-0.05, 0) is 74.3 Å². The van der Waals surface area contributed by atoms with Gasteiger partial charge >= 0.3 is 5.97 Å². The van der Waals surface area contributed by atoms with E-state index in [-0.39, 0.29) is 17.4 Å². The number of hydrogen-bond acceptors (Lipinski definition) is 5. The molecule has 5 nitrogen and oxygen atoms in total. The van der Waals surface area contributed by atoms with Crippen molar-refractivity contribution in [2.24, 2.45) is 0 Å². The number of hydrogen-bond donors (Lipinski definition) is 1. The highest BCUT2D eigenvalue weighted by Crippen LogP contribution is 2.51. The van der Waals surface area contributed by atoms with Gasteiger partial charge in [0.2, 0.25) is 0 Å². The molecule has 0 saturated heterocycles. The molecule has 0 bridgehead atoms. The lowest BCUT2D eigenvalue weighted by molar-refractivity contribution is -0.143. The van der Waals surface area contributed by atoms with E-state index in [1.165, 1.54) is 11.1 Å². The number of benzene rings is 3. The fourth-order valence-corrected chi connectivity index (χ4v) is 5.84. The molecule has 44 heavy (non-hydrogen) atoms. The highest BCUT2D eigenvalue weighted by molar-refractivity contribution is 5.77. The van der Waals surface area contributed by atoms with Crippen LogP contribution in [-0.2, 0) is 21.4 Å². The molecule has 1 atom stereocenters. The van der Waals surface area contributed by atoms with Gasteiger partial charge in [0.05, 0.1) is 19.1 Å². The standard InChI is InChI=1S/C39H42N2O3/c1-5-11-32(12-6-2)35(24-15-29-13-9-8-10-14-29)40-37-28(4)41-44-38(37)33-18-16-30(17-19-33)31-20-22-34(23-21-31)39(25-26-39)27-36(42)43-7-3/h5-6,8-14,16-23,35,40H,1,7,15,24-27H2,2-4H3/b12-6-,32-11+. The highest BCUT2D eigenvalue weighted by atomic mass is 16.5. The fraction of sp³-hybridized carbons (Fsp3) is 0.282. The Bertz CT molecular complexity index is 1610. The summed E-state index contributed by atoms with van der Waals surface area (Å²) >= 11 is 0. The van der Waals surface area contributed by atoms with Gasteiger partial charge in [-0.2, -0.15) is 0 Å². The fourth-order valence-electron chi connectivity index (χ4n) is 5.84. The minimum Gasteiger partial charge on any atom is -0.466 e. The SMILES string of the molecule is C=C/C=C(\C=C/C)C(CCc1ccccc1)Nc1c(C)noc1-c1ccc(-c2ccc(C3(CC(=O)OCC)CC3)cc2)cc1. The Kier molecular flexibility index (Phi) is 9.96. The lowest BCUT2D eigenvalue weighted by atomic mass is 9.91. The predicted molar refractivity (Wildman–Crippen MR) is 180 cm³/mol. The molecule has 0 aliphatic heterocycles. The van der Waals surface area contributed by atoms with E-state index < -0.39 is 0 Å². The molecule has 0 radical (unpaired) electrons. The Morgan fingerprint density at radius 2 is 1.68 bits per heavy atom. The van der Waals surface area contributed by atoms with Crippen LogP contribution in [0.4, 0.5) is 5.69 Å². The van der Waals surface area contributed by atoms with E-state index in [1.807, 2.05) is 32.9 Å². The molecule has 5 heteroatoms. The first kappa shape index (κ1) is 30.8. The van der Waals surface area contributed by atoms with Crippen LogP contribution < -0.4 is 5.32 Å². The third kappa shape index (κ3) is 7.28. The smallest absolute Gasteiger partial charge is 0.306 e. The molecular formula is C39H42N2O3. The van der Waals surface area contributed by atoms with Crippen molar-refractivity contribution >= 4 is 11.7 Å². The average molecular weight is 587 g/mol. The lowest BCUT2D eigenvalue weighted by Crippen LogP contribution is -2.23. The molecule has 1 fully saturated rings. The molecule has 0 amide bonds. The number of aryl methyl sites for hydroxylation is 2. The first-order chi connectivity index (χ1) is 21.5. The summed E-state index contributed by atoms with van der Waals surface area (Å²) in [4.78, 5) is 12.1. The first-order valence-corrected chi connectivity index (χ1v) is 15.6. The molecule has 1 unspecified atom stereocenters. The van der Waals surface area contributed by atoms with Gasteiger partial charge in [-0.1, -0.05) is 115 Å². The zero-order valence-corrected chi connectivity index (χ0v) is 26.0. The molecule has 1 N–H and O–H groups in total. The molecule has 1 aliphatic rings. The molecule has 0 spiro atoms. The maximum atomic E-state index is 12.1. The molecule has 4 aromatic rings. The van der Waals surface area contributed by atoms with Gasteiger partial charge in [-0.3, -0.25) is 4.79 Å². The normalized spacial score (nSPS) is 14.8. The van der Waals surface area contributed by atoms with E-state index in [4.69, 9.17) is 9.26 Å². The molecule has 226 valence electrons. The van der Waals surface area contributed by atoms with Gasteiger partial charge in [0.25, 0.3) is 0 Å². The number of aromatic nitrogens is 1. The predicted octanol–water partition coefficient (Wildman–Crippen LogP) is 9.40. The molecule has 1 aromatic heterocycles. The molecule has 5 rings (SSSR count). The van der Waals surface area contributed by atoms with Crippen LogP contribution >= 0.6 is 0 Å². The van der Waals surface area contributed by atoms with E-state index in [0.717, 1.165) is 65.1 Å². The minimum absolute atomic E-state index is 0.0395. The van der Waals surface area contributed by atoms with Crippen molar-refractivity contribution < 1.29 is 14.1 Å². The van der Waals surface area contributed by atoms with Crippen molar-refractivity contribution in [1.82, 2.24) is 5.16 Å². The summed E-state index contributed by atoms with van der Waals surface area (Å²) in [6, 6.07) is 27.6. The summed E-state index contributed by atoms with van der Waals surface area (Å²) < 4.78 is 11.1. The number of anilines is 1. The Morgan fingerprint density at radius 1 is 1.02 bits per heavy atom. The Labute approximate surface area is 261 Å². The number of nitrogens with one attached hydrogen (secondary N) is 1. The zero-order chi connectivity index (χ0) is 30.9. The number of allylic oxidation sites excluding steroid dienone is 3. The molecule has 1 heterocycles. The monoisotopic (exact) mass is 586 g/mol. The van der Waals surface area contributed by atoms with Crippen molar-refractivity contribution in [3.05, 3.63) is 132 Å². The number of rotatable bonds is 14. The lowest BCUT2D eigenvalue weighted by Gasteiger charge is -2.22. The summed E-state index contributed by atoms with van der Waals surface area (Å²) in [7, 11) is 0. The molecule has 1 aliphatic carbocycles. The summed E-state index contributed by atoms with van der Waals surface area (Å²) in [6.45, 7) is 10.2. The summed E-state index contributed by atoms with van der Waals surface area (Å²) in [5, 5.41) is 8.11. The van der Waals surface area contributed by atoms with Crippen LogP contribution in [0.3, 0.4) is 0 Å². The topological polar surface area (TPSA) is 64.4 Å². The van der Waals surface area contributed by atoms with Crippen molar-refractivity contribution in [2.75, 3.05) is 11.9 Å². The van der Waals surface area contributed by atoms with E-state index in [1.54, 1.807) is 0 Å². The van der Waals surface area contributed by atoms with Crippen LogP contribution in [-0.4, -0.2) is 23.8 Å². The van der Waals surface area contributed by atoms with E-state index in [2.05, 4.69) is 108 Å². The van der Waals surface area contributed by atoms with Crippen LogP contribution in [0.25, 0.3) is 22.5 Å². The van der Waals surface area contributed by atoms with Gasteiger partial charge in [0, 0.05) is 11.0 Å². The second-order valence-electron chi connectivity index (χ2n) is 11.5. The zero-order valence-electron chi connectivity index (χ0n) is 26.0. The Hall–Kier alpha value is -4.64. The van der Waals surface area contributed by atoms with Crippen molar-refractivity contribution in [3.8, 4) is 22.5 Å². The maximum Gasteiger partial charge on any atom is 0.306 e. The number of carbonyl (C=O) groups excluding carboxylic acids is 1. The van der Waals surface area contributed by atoms with Gasteiger partial charge in [-0.25, -0.2) is 0 Å². The van der Waals surface area contributed by atoms with Crippen molar-refractivity contribution in [1.29, 1.82) is 0 Å². The average Bonchev–Trinajstić information content (AvgIpc) is 3.74. The van der Waals surface area contributed by atoms with E-state index in [9.17, 15) is 4.79 Å². The third-order valence-corrected chi connectivity index (χ3v) is 8.44. The summed E-state index contributed by atoms with van der Waals surface area (Å²) in [5.74, 6) is 0.612. The highest BCUT2D eigenvalue weighted by Gasteiger charge is 2.46. The van der Waals surface area contributed by atoms with E-state index in [0.29, 0.717) is 13.0 Å². The second kappa shape index (κ2) is 14.2. The largest absolute Gasteiger partial charge is 0.466 e. The summed E-state index contributed by atoms with van der Waals surface area (Å²) in [6.07, 6.45) is 12.4. The Morgan fingerprint density at radius 3 is 2.30 bits per heavy atom. The van der Waals surface area contributed by atoms with Crippen molar-refractivity contribution in [3.63, 3.8) is 0 Å². The molecule has 3 aromatic carbocycles. The minimum atomic E-state index is -0.113. The van der Waals surface area contributed by atoms with Crippen LogP contribution in [0, 0.1) is 6.92 Å². The van der Waals surface area contributed by atoms with Crippen molar-refractivity contribution in [2.45, 2.75) is 64.3 Å². The number of nitrogens with zero attached hydrogens (tertiary/aromatic N) is 1. The van der Waals surface area contributed by atoms with Crippen LogP contribution in [0.5, 0.6) is 0 Å². The molecular weight excluding hydrogens is 544 g/mol. The quantitative estimate of drug-likeness (QED) is 0.118. The third-order valence-electron chi connectivity index (χ3n) is 8.44. The number of carbonyl (C=O) groups is 1. The first-order valence-electron chi connectivity index (χ1n) is 15.6. The van der Waals surface area contributed by atoms with E-state index >= 15 is 0 Å². The Balaban J connectivity index is 1.34.